The highest BCUT2D eigenvalue weighted by Crippen LogP contribution is 2.28. The van der Waals surface area contributed by atoms with Gasteiger partial charge in [-0.1, -0.05) is 25.1 Å². The lowest BCUT2D eigenvalue weighted by Gasteiger charge is -2.12. The van der Waals surface area contributed by atoms with E-state index in [2.05, 4.69) is 56.6 Å². The minimum absolute atomic E-state index is 0.339. The van der Waals surface area contributed by atoms with Crippen LogP contribution < -0.4 is 0 Å². The summed E-state index contributed by atoms with van der Waals surface area (Å²) in [6.07, 6.45) is 4.38. The molecular weight excluding hydrogens is 300 g/mol. The van der Waals surface area contributed by atoms with Gasteiger partial charge in [0.1, 0.15) is 23.4 Å². The number of aromatic nitrogens is 6. The van der Waals surface area contributed by atoms with Crippen LogP contribution in [0.2, 0.25) is 0 Å². The Morgan fingerprint density at radius 1 is 1.21 bits per heavy atom. The van der Waals surface area contributed by atoms with Crippen molar-refractivity contribution in [2.45, 2.75) is 19.3 Å². The van der Waals surface area contributed by atoms with Crippen molar-refractivity contribution in [3.63, 3.8) is 0 Å². The second-order valence-electron chi connectivity index (χ2n) is 6.06. The molecule has 0 amide bonds. The van der Waals surface area contributed by atoms with E-state index in [0.29, 0.717) is 5.92 Å². The first-order valence-corrected chi connectivity index (χ1v) is 7.94. The predicted molar refractivity (Wildman–Crippen MR) is 92.4 cm³/mol. The van der Waals surface area contributed by atoms with E-state index < -0.39 is 0 Å². The average molecular weight is 318 g/mol. The molecule has 0 bridgehead atoms. The van der Waals surface area contributed by atoms with Crippen molar-refractivity contribution < 1.29 is 0 Å². The number of H-pyrrole nitrogens is 1. The lowest BCUT2D eigenvalue weighted by atomic mass is 9.95. The molecule has 0 aliphatic heterocycles. The van der Waals surface area contributed by atoms with Gasteiger partial charge in [-0.15, -0.1) is 10.2 Å². The summed E-state index contributed by atoms with van der Waals surface area (Å²) in [5.41, 5.74) is 5.06. The molecule has 24 heavy (non-hydrogen) atoms. The van der Waals surface area contributed by atoms with E-state index in [0.717, 1.165) is 34.5 Å². The zero-order chi connectivity index (χ0) is 16.5. The maximum Gasteiger partial charge on any atom is 0.133 e. The van der Waals surface area contributed by atoms with Gasteiger partial charge in [-0.3, -0.25) is 10.1 Å². The molecule has 0 aliphatic carbocycles. The molecule has 0 fully saturated rings. The van der Waals surface area contributed by atoms with Crippen LogP contribution in [0.15, 0.2) is 48.9 Å². The molecule has 3 heterocycles. The number of hydrogen-bond acceptors (Lipinski definition) is 4. The van der Waals surface area contributed by atoms with Gasteiger partial charge in [0, 0.05) is 25.2 Å². The van der Waals surface area contributed by atoms with Crippen LogP contribution in [0, 0.1) is 0 Å². The summed E-state index contributed by atoms with van der Waals surface area (Å²) in [6.45, 7) is 2.20. The summed E-state index contributed by atoms with van der Waals surface area (Å²) in [6, 6.07) is 12.4. The third kappa shape index (κ3) is 2.56. The number of pyridine rings is 1. The van der Waals surface area contributed by atoms with Crippen molar-refractivity contribution in [2.75, 3.05) is 0 Å². The first kappa shape index (κ1) is 14.6. The summed E-state index contributed by atoms with van der Waals surface area (Å²) in [5.74, 6) is 1.32. The molecule has 1 aromatic carbocycles. The molecule has 0 saturated heterocycles. The Hall–Kier alpha value is -3.02. The smallest absolute Gasteiger partial charge is 0.133 e. The Morgan fingerprint density at radius 3 is 2.96 bits per heavy atom. The highest BCUT2D eigenvalue weighted by Gasteiger charge is 2.14. The van der Waals surface area contributed by atoms with Crippen LogP contribution in [0.25, 0.3) is 22.3 Å². The molecule has 6 heteroatoms. The first-order chi connectivity index (χ1) is 11.7. The lowest BCUT2D eigenvalue weighted by molar-refractivity contribution is 0.681. The van der Waals surface area contributed by atoms with Gasteiger partial charge >= 0.3 is 0 Å². The van der Waals surface area contributed by atoms with E-state index in [1.165, 1.54) is 5.56 Å². The zero-order valence-corrected chi connectivity index (χ0v) is 13.6. The van der Waals surface area contributed by atoms with E-state index in [4.69, 9.17) is 0 Å². The summed E-state index contributed by atoms with van der Waals surface area (Å²) in [5, 5.41) is 15.6. The number of aromatic amines is 1. The first-order valence-electron chi connectivity index (χ1n) is 7.94. The largest absolute Gasteiger partial charge is 0.321 e. The Labute approximate surface area is 139 Å². The highest BCUT2D eigenvalue weighted by atomic mass is 15.2. The van der Waals surface area contributed by atoms with Crippen LogP contribution in [0.4, 0.5) is 0 Å². The number of aryl methyl sites for hydroxylation is 1. The van der Waals surface area contributed by atoms with Gasteiger partial charge in [-0.25, -0.2) is 0 Å². The molecule has 6 nitrogen and oxygen atoms in total. The quantitative estimate of drug-likeness (QED) is 0.627. The molecule has 0 aliphatic rings. The molecule has 0 unspecified atom stereocenters. The fourth-order valence-electron chi connectivity index (χ4n) is 2.93. The molecule has 0 spiro atoms. The Bertz CT molecular complexity index is 984. The number of benzene rings is 1. The van der Waals surface area contributed by atoms with Crippen molar-refractivity contribution in [1.29, 1.82) is 0 Å². The minimum atomic E-state index is 0.339. The van der Waals surface area contributed by atoms with E-state index in [9.17, 15) is 0 Å². The molecule has 3 aromatic heterocycles. The second-order valence-corrected chi connectivity index (χ2v) is 6.06. The Morgan fingerprint density at radius 2 is 2.12 bits per heavy atom. The zero-order valence-electron chi connectivity index (χ0n) is 13.6. The van der Waals surface area contributed by atoms with Crippen LogP contribution in [0.5, 0.6) is 0 Å². The SMILES string of the molecule is C[C@H](Cc1nncn1C)c1cccc(-c2n[nH]c3cccnc23)c1. The molecule has 120 valence electrons. The summed E-state index contributed by atoms with van der Waals surface area (Å²) < 4.78 is 1.96. The fraction of sp³-hybridized carbons (Fsp3) is 0.222. The molecular formula is C18H18N6. The van der Waals surface area contributed by atoms with Crippen LogP contribution in [0.3, 0.4) is 0 Å². The van der Waals surface area contributed by atoms with Gasteiger partial charge in [0.25, 0.3) is 0 Å². The molecule has 1 N–H and O–H groups in total. The summed E-state index contributed by atoms with van der Waals surface area (Å²) >= 11 is 0. The lowest BCUT2D eigenvalue weighted by Crippen LogP contribution is -2.04. The van der Waals surface area contributed by atoms with Gasteiger partial charge in [-0.05, 0) is 29.7 Å². The molecule has 0 saturated carbocycles. The second kappa shape index (κ2) is 5.88. The monoisotopic (exact) mass is 318 g/mol. The van der Waals surface area contributed by atoms with E-state index in [1.807, 2.05) is 23.7 Å². The fourth-order valence-corrected chi connectivity index (χ4v) is 2.93. The summed E-state index contributed by atoms with van der Waals surface area (Å²) in [4.78, 5) is 4.45. The third-order valence-electron chi connectivity index (χ3n) is 4.34. The van der Waals surface area contributed by atoms with Gasteiger partial charge in [0.15, 0.2) is 0 Å². The molecule has 1 atom stereocenters. The predicted octanol–water partition coefficient (Wildman–Crippen LogP) is 3.10. The maximum atomic E-state index is 4.45. The number of nitrogens with one attached hydrogen (secondary N) is 1. The standard InChI is InChI=1S/C18H18N6/c1-12(9-16-22-20-11-24(16)2)13-5-3-6-14(10-13)17-18-15(21-23-17)7-4-8-19-18/h3-8,10-12H,9H2,1-2H3,(H,21,23)/t12-/m1/s1. The Balaban J connectivity index is 1.67. The van der Waals surface area contributed by atoms with Crippen molar-refractivity contribution in [2.24, 2.45) is 7.05 Å². The summed E-state index contributed by atoms with van der Waals surface area (Å²) in [7, 11) is 1.97. The van der Waals surface area contributed by atoms with Crippen LogP contribution >= 0.6 is 0 Å². The van der Waals surface area contributed by atoms with Crippen LogP contribution in [0.1, 0.15) is 24.2 Å². The van der Waals surface area contributed by atoms with E-state index in [-0.39, 0.29) is 0 Å². The van der Waals surface area contributed by atoms with Gasteiger partial charge in [-0.2, -0.15) is 5.10 Å². The van der Waals surface area contributed by atoms with E-state index >= 15 is 0 Å². The van der Waals surface area contributed by atoms with Gasteiger partial charge in [0.05, 0.1) is 5.52 Å². The number of hydrogen-bond donors (Lipinski definition) is 1. The normalized spacial score (nSPS) is 12.6. The van der Waals surface area contributed by atoms with Crippen molar-refractivity contribution >= 4 is 11.0 Å². The van der Waals surface area contributed by atoms with Gasteiger partial charge < -0.3 is 4.57 Å². The molecule has 4 rings (SSSR count). The number of rotatable bonds is 4. The molecule has 0 radical (unpaired) electrons. The highest BCUT2D eigenvalue weighted by molar-refractivity contribution is 5.89. The van der Waals surface area contributed by atoms with Crippen molar-refractivity contribution in [3.05, 3.63) is 60.3 Å². The van der Waals surface area contributed by atoms with Crippen molar-refractivity contribution in [3.8, 4) is 11.3 Å². The Kier molecular flexibility index (Phi) is 3.57. The third-order valence-corrected chi connectivity index (χ3v) is 4.34. The van der Waals surface area contributed by atoms with Crippen LogP contribution in [-0.4, -0.2) is 29.9 Å². The van der Waals surface area contributed by atoms with Crippen molar-refractivity contribution in [1.82, 2.24) is 29.9 Å². The maximum absolute atomic E-state index is 4.45. The number of fused-ring (bicyclic) bond motifs is 1. The average Bonchev–Trinajstić information content (AvgIpc) is 3.21. The van der Waals surface area contributed by atoms with Crippen LogP contribution in [-0.2, 0) is 13.5 Å². The molecule has 4 aromatic rings. The van der Waals surface area contributed by atoms with Gasteiger partial charge in [0.2, 0.25) is 0 Å². The van der Waals surface area contributed by atoms with E-state index in [1.54, 1.807) is 12.5 Å². The minimum Gasteiger partial charge on any atom is -0.321 e. The topological polar surface area (TPSA) is 72.3 Å². The number of nitrogens with zero attached hydrogens (tertiary/aromatic N) is 5.